The largest absolute Gasteiger partial charge is 0.332 e. The molecule has 6 heteroatoms. The van der Waals surface area contributed by atoms with E-state index < -0.39 is 17.5 Å². The molecule has 2 aromatic carbocycles. The summed E-state index contributed by atoms with van der Waals surface area (Å²) >= 11 is 5.02. The number of hydrogen-bond acceptors (Lipinski definition) is 1. The first-order chi connectivity index (χ1) is 9.88. The van der Waals surface area contributed by atoms with Crippen molar-refractivity contribution in [1.29, 1.82) is 0 Å². The van der Waals surface area contributed by atoms with Gasteiger partial charge in [0.05, 0.1) is 5.69 Å². The second-order valence-electron chi connectivity index (χ2n) is 4.60. The fourth-order valence-electron chi connectivity index (χ4n) is 1.73. The third-order valence-corrected chi connectivity index (χ3v) is 3.25. The Morgan fingerprint density at radius 3 is 2.29 bits per heavy atom. The molecule has 0 spiro atoms. The van der Waals surface area contributed by atoms with E-state index in [4.69, 9.17) is 12.2 Å². The molecule has 0 saturated carbocycles. The summed E-state index contributed by atoms with van der Waals surface area (Å²) in [6, 6.07) is 7.53. The summed E-state index contributed by atoms with van der Waals surface area (Å²) in [4.78, 5) is 0. The first kappa shape index (κ1) is 15.3. The van der Waals surface area contributed by atoms with E-state index in [2.05, 4.69) is 10.6 Å². The van der Waals surface area contributed by atoms with Gasteiger partial charge in [-0.25, -0.2) is 13.2 Å². The Labute approximate surface area is 126 Å². The van der Waals surface area contributed by atoms with Gasteiger partial charge in [-0.3, -0.25) is 0 Å². The van der Waals surface area contributed by atoms with Crippen molar-refractivity contribution < 1.29 is 13.2 Å². The predicted molar refractivity (Wildman–Crippen MR) is 82.1 cm³/mol. The van der Waals surface area contributed by atoms with Gasteiger partial charge >= 0.3 is 0 Å². The molecule has 2 aromatic rings. The first-order valence-electron chi connectivity index (χ1n) is 6.17. The maximum atomic E-state index is 13.5. The van der Waals surface area contributed by atoms with E-state index in [0.717, 1.165) is 28.9 Å². The monoisotopic (exact) mass is 310 g/mol. The van der Waals surface area contributed by atoms with Crippen LogP contribution in [-0.2, 0) is 0 Å². The Balaban J connectivity index is 2.12. The second kappa shape index (κ2) is 6.13. The lowest BCUT2D eigenvalue weighted by atomic mass is 10.1. The summed E-state index contributed by atoms with van der Waals surface area (Å²) < 4.78 is 39.5. The molecule has 0 aliphatic heterocycles. The smallest absolute Gasteiger partial charge is 0.196 e. The van der Waals surface area contributed by atoms with Gasteiger partial charge in [0.25, 0.3) is 0 Å². The molecule has 0 aromatic heterocycles. The molecule has 0 unspecified atom stereocenters. The zero-order valence-electron chi connectivity index (χ0n) is 11.4. The summed E-state index contributed by atoms with van der Waals surface area (Å²) in [7, 11) is 0. The third-order valence-electron chi connectivity index (χ3n) is 3.05. The third kappa shape index (κ3) is 3.52. The Hall–Kier alpha value is -2.08. The normalized spacial score (nSPS) is 10.3. The van der Waals surface area contributed by atoms with Crippen molar-refractivity contribution in [3.8, 4) is 0 Å². The minimum Gasteiger partial charge on any atom is -0.332 e. The van der Waals surface area contributed by atoms with Crippen LogP contribution in [0, 0.1) is 31.3 Å². The molecule has 0 aliphatic rings. The van der Waals surface area contributed by atoms with Gasteiger partial charge in [-0.2, -0.15) is 0 Å². The van der Waals surface area contributed by atoms with Crippen molar-refractivity contribution in [2.24, 2.45) is 0 Å². The zero-order chi connectivity index (χ0) is 15.6. The van der Waals surface area contributed by atoms with Gasteiger partial charge in [0.15, 0.2) is 22.6 Å². The molecule has 0 fully saturated rings. The SMILES string of the molecule is Cc1ccc(NC(=S)Nc2ccc(F)c(F)c2F)cc1C. The molecule has 0 atom stereocenters. The van der Waals surface area contributed by atoms with Gasteiger partial charge in [0.1, 0.15) is 0 Å². The Morgan fingerprint density at radius 1 is 0.905 bits per heavy atom. The molecule has 21 heavy (non-hydrogen) atoms. The number of rotatable bonds is 2. The lowest BCUT2D eigenvalue weighted by molar-refractivity contribution is 0.449. The lowest BCUT2D eigenvalue weighted by Gasteiger charge is -2.12. The highest BCUT2D eigenvalue weighted by atomic mass is 32.1. The van der Waals surface area contributed by atoms with E-state index in [1.807, 2.05) is 32.0 Å². The van der Waals surface area contributed by atoms with Crippen LogP contribution >= 0.6 is 12.2 Å². The molecular weight excluding hydrogens is 297 g/mol. The Morgan fingerprint density at radius 2 is 1.62 bits per heavy atom. The molecule has 0 aliphatic carbocycles. The number of nitrogens with one attached hydrogen (secondary N) is 2. The molecule has 2 rings (SSSR count). The Bertz CT molecular complexity index is 702. The van der Waals surface area contributed by atoms with E-state index in [0.29, 0.717) is 0 Å². The minimum absolute atomic E-state index is 0.0863. The van der Waals surface area contributed by atoms with Crippen LogP contribution in [0.5, 0.6) is 0 Å². The van der Waals surface area contributed by atoms with Crippen LogP contribution in [0.2, 0.25) is 0 Å². The number of thiocarbonyl (C=S) groups is 1. The molecule has 0 heterocycles. The fourth-order valence-corrected chi connectivity index (χ4v) is 1.95. The number of benzene rings is 2. The van der Waals surface area contributed by atoms with Gasteiger partial charge in [0, 0.05) is 5.69 Å². The van der Waals surface area contributed by atoms with Crippen molar-refractivity contribution in [2.45, 2.75) is 13.8 Å². The molecule has 0 saturated heterocycles. The number of anilines is 2. The van der Waals surface area contributed by atoms with Crippen molar-refractivity contribution in [1.82, 2.24) is 0 Å². The average Bonchev–Trinajstić information content (AvgIpc) is 2.44. The van der Waals surface area contributed by atoms with Crippen molar-refractivity contribution in [3.05, 3.63) is 58.9 Å². The van der Waals surface area contributed by atoms with Gasteiger partial charge in [0.2, 0.25) is 0 Å². The van der Waals surface area contributed by atoms with Crippen LogP contribution in [0.25, 0.3) is 0 Å². The average molecular weight is 310 g/mol. The van der Waals surface area contributed by atoms with Crippen molar-refractivity contribution in [3.63, 3.8) is 0 Å². The van der Waals surface area contributed by atoms with Gasteiger partial charge in [-0.05, 0) is 61.5 Å². The second-order valence-corrected chi connectivity index (χ2v) is 5.01. The standard InChI is InChI=1S/C15H13F3N2S/c1-8-3-4-10(7-9(8)2)19-15(21)20-12-6-5-11(16)13(17)14(12)18/h3-7H,1-2H3,(H2,19,20,21). The van der Waals surface area contributed by atoms with Gasteiger partial charge < -0.3 is 10.6 Å². The summed E-state index contributed by atoms with van der Waals surface area (Å²) in [5.41, 5.74) is 2.70. The number of halogens is 3. The van der Waals surface area contributed by atoms with E-state index in [1.54, 1.807) is 0 Å². The first-order valence-corrected chi connectivity index (χ1v) is 6.58. The highest BCUT2D eigenvalue weighted by molar-refractivity contribution is 7.80. The summed E-state index contributed by atoms with van der Waals surface area (Å²) in [5, 5.41) is 5.44. The summed E-state index contributed by atoms with van der Waals surface area (Å²) in [5.74, 6) is -4.08. The molecule has 0 radical (unpaired) electrons. The highest BCUT2D eigenvalue weighted by Crippen LogP contribution is 2.20. The highest BCUT2D eigenvalue weighted by Gasteiger charge is 2.14. The maximum Gasteiger partial charge on any atom is 0.196 e. The van der Waals surface area contributed by atoms with Crippen LogP contribution in [0.4, 0.5) is 24.5 Å². The number of hydrogen-bond donors (Lipinski definition) is 2. The van der Waals surface area contributed by atoms with Crippen LogP contribution in [0.15, 0.2) is 30.3 Å². The quantitative estimate of drug-likeness (QED) is 0.629. The molecule has 0 bridgehead atoms. The van der Waals surface area contributed by atoms with E-state index in [9.17, 15) is 13.2 Å². The minimum atomic E-state index is -1.53. The molecule has 110 valence electrons. The van der Waals surface area contributed by atoms with Gasteiger partial charge in [-0.15, -0.1) is 0 Å². The van der Waals surface area contributed by atoms with Crippen LogP contribution in [0.1, 0.15) is 11.1 Å². The molecular formula is C15H13F3N2S. The lowest BCUT2D eigenvalue weighted by Crippen LogP contribution is -2.20. The fraction of sp³-hybridized carbons (Fsp3) is 0.133. The summed E-state index contributed by atoms with van der Waals surface area (Å²) in [6.45, 7) is 3.93. The van der Waals surface area contributed by atoms with Crippen molar-refractivity contribution in [2.75, 3.05) is 10.6 Å². The predicted octanol–water partition coefficient (Wildman–Crippen LogP) is 4.53. The van der Waals surface area contributed by atoms with E-state index >= 15 is 0 Å². The van der Waals surface area contributed by atoms with Gasteiger partial charge in [-0.1, -0.05) is 6.07 Å². The number of aryl methyl sites for hydroxylation is 2. The van der Waals surface area contributed by atoms with Crippen LogP contribution in [-0.4, -0.2) is 5.11 Å². The maximum absolute atomic E-state index is 13.5. The van der Waals surface area contributed by atoms with E-state index in [1.165, 1.54) is 0 Å². The molecule has 0 amide bonds. The topological polar surface area (TPSA) is 24.1 Å². The van der Waals surface area contributed by atoms with Crippen LogP contribution in [0.3, 0.4) is 0 Å². The summed E-state index contributed by atoms with van der Waals surface area (Å²) in [6.07, 6.45) is 0. The zero-order valence-corrected chi connectivity index (χ0v) is 12.2. The van der Waals surface area contributed by atoms with Crippen LogP contribution < -0.4 is 10.6 Å². The van der Waals surface area contributed by atoms with Crippen molar-refractivity contribution >= 4 is 28.7 Å². The Kier molecular flexibility index (Phi) is 4.47. The van der Waals surface area contributed by atoms with E-state index in [-0.39, 0.29) is 10.8 Å². The molecule has 2 nitrogen and oxygen atoms in total. The molecule has 2 N–H and O–H groups in total.